The van der Waals surface area contributed by atoms with Gasteiger partial charge in [-0.2, -0.15) is 15.0 Å². The molecule has 1 saturated carbocycles. The fraction of sp³-hybridized carbons (Fsp3) is 0.581. The van der Waals surface area contributed by atoms with Crippen LogP contribution in [0, 0.1) is 18.2 Å². The van der Waals surface area contributed by atoms with Crippen molar-refractivity contribution in [2.45, 2.75) is 107 Å². The van der Waals surface area contributed by atoms with E-state index in [9.17, 15) is 9.18 Å². The molecule has 59 heavy (non-hydrogen) atoms. The van der Waals surface area contributed by atoms with Crippen molar-refractivity contribution < 1.29 is 42.0 Å². The van der Waals surface area contributed by atoms with Crippen LogP contribution < -0.4 is 19.1 Å². The van der Waals surface area contributed by atoms with Crippen LogP contribution in [0.2, 0.25) is 0 Å². The van der Waals surface area contributed by atoms with Crippen LogP contribution in [-0.2, 0) is 14.2 Å². The van der Waals surface area contributed by atoms with E-state index in [0.29, 0.717) is 72.4 Å². The minimum absolute atomic E-state index is 0.0126. The fourth-order valence-electron chi connectivity index (χ4n) is 9.82. The average molecular weight is 816 g/mol. The Bertz CT molecular complexity index is 2290. The van der Waals surface area contributed by atoms with Gasteiger partial charge in [0.2, 0.25) is 0 Å². The third-order valence-electron chi connectivity index (χ3n) is 12.6. The van der Waals surface area contributed by atoms with Crippen molar-refractivity contribution in [3.05, 3.63) is 35.6 Å². The molecule has 2 aromatic carbocycles. The number of halogens is 2. The Hall–Kier alpha value is -4.98. The van der Waals surface area contributed by atoms with Crippen molar-refractivity contribution in [1.82, 2.24) is 29.3 Å². The lowest BCUT2D eigenvalue weighted by Crippen LogP contribution is -2.57. The second-order valence-electron chi connectivity index (χ2n) is 17.5. The van der Waals surface area contributed by atoms with Gasteiger partial charge in [0.15, 0.2) is 18.3 Å². The van der Waals surface area contributed by atoms with Gasteiger partial charge in [0.1, 0.15) is 41.2 Å². The number of carbonyl (C=O) groups is 1. The highest BCUT2D eigenvalue weighted by molar-refractivity contribution is 5.95. The van der Waals surface area contributed by atoms with Crippen molar-refractivity contribution in [3.8, 4) is 35.9 Å². The van der Waals surface area contributed by atoms with Gasteiger partial charge in [0, 0.05) is 57.8 Å². The summed E-state index contributed by atoms with van der Waals surface area (Å²) >= 11 is 0. The Balaban J connectivity index is 1.17. The number of rotatable bonds is 11. The Morgan fingerprint density at radius 3 is 2.53 bits per heavy atom. The predicted molar refractivity (Wildman–Crippen MR) is 214 cm³/mol. The number of methoxy groups -OCH3 is 2. The molecule has 2 bridgehead atoms. The number of hydrogen-bond acceptors (Lipinski definition) is 12. The normalized spacial score (nSPS) is 26.6. The van der Waals surface area contributed by atoms with E-state index in [0.717, 1.165) is 32.2 Å². The van der Waals surface area contributed by atoms with E-state index in [1.165, 1.54) is 13.2 Å². The monoisotopic (exact) mass is 815 g/mol. The highest BCUT2D eigenvalue weighted by atomic mass is 19.1. The minimum Gasteiger partial charge on any atom is -0.467 e. The number of ether oxygens (including phenoxy) is 6. The van der Waals surface area contributed by atoms with Gasteiger partial charge in [-0.3, -0.25) is 14.4 Å². The number of fused-ring (bicyclic) bond motifs is 5. The number of aromatic nitrogens is 4. The first-order valence-electron chi connectivity index (χ1n) is 20.5. The molecule has 4 atom stereocenters. The molecule has 4 aromatic rings. The molecule has 5 fully saturated rings. The quantitative estimate of drug-likeness (QED) is 0.117. The fourth-order valence-corrected chi connectivity index (χ4v) is 9.82. The van der Waals surface area contributed by atoms with Crippen LogP contribution in [0.5, 0.6) is 23.5 Å². The van der Waals surface area contributed by atoms with E-state index in [4.69, 9.17) is 49.8 Å². The van der Waals surface area contributed by atoms with E-state index in [1.54, 1.807) is 25.3 Å². The van der Waals surface area contributed by atoms with Gasteiger partial charge in [-0.15, -0.1) is 6.42 Å². The van der Waals surface area contributed by atoms with Gasteiger partial charge in [0.05, 0.1) is 29.3 Å². The second kappa shape index (κ2) is 15.2. The Morgan fingerprint density at radius 2 is 1.81 bits per heavy atom. The summed E-state index contributed by atoms with van der Waals surface area (Å²) in [7, 11) is 3.21. The first-order valence-corrected chi connectivity index (χ1v) is 20.5. The van der Waals surface area contributed by atoms with E-state index >= 15 is 4.39 Å². The van der Waals surface area contributed by atoms with Crippen molar-refractivity contribution in [2.24, 2.45) is 0 Å². The van der Waals surface area contributed by atoms with E-state index in [1.807, 2.05) is 30.2 Å². The maximum Gasteiger partial charge on any atom is 0.410 e. The highest BCUT2D eigenvalue weighted by Crippen LogP contribution is 2.46. The first-order chi connectivity index (χ1) is 28.4. The summed E-state index contributed by atoms with van der Waals surface area (Å²) in [5.74, 6) is 3.18. The largest absolute Gasteiger partial charge is 0.467 e. The second-order valence-corrected chi connectivity index (χ2v) is 17.5. The summed E-state index contributed by atoms with van der Waals surface area (Å²) in [6.45, 7) is 8.03. The molecule has 5 aliphatic rings. The standard InChI is InChI=1S/C43H51F2N7O7/c1-7-32-33(45)12-9-25-15-31(57-24-54-5)18-34(35(25)32)58-40-47-37-36(52(40)29-16-30(17-29)55-6)38(48-39(46-37)56-23-43-13-8-14-50(43)20-26(44)19-43)49-21-27-10-11-28(22-49)51(27)41(53)59-42(2,3)4/h1,9,12,15,18,26-30H,8,10-11,13-14,16-17,19-24H2,2-6H3/t26-,27?,28?,29?,30?,43+/m1/s1. The van der Waals surface area contributed by atoms with Crippen LogP contribution in [-0.4, -0.2) is 125 Å². The zero-order chi connectivity index (χ0) is 41.2. The van der Waals surface area contributed by atoms with Crippen LogP contribution >= 0.6 is 0 Å². The average Bonchev–Trinajstić information content (AvgIpc) is 3.89. The molecule has 0 spiro atoms. The van der Waals surface area contributed by atoms with Crippen LogP contribution in [0.3, 0.4) is 0 Å². The number of piperazine rings is 1. The number of carbonyl (C=O) groups excluding carboxylic acids is 1. The van der Waals surface area contributed by atoms with E-state index in [2.05, 4.69) is 15.7 Å². The molecular formula is C43H51F2N7O7. The highest BCUT2D eigenvalue weighted by Gasteiger charge is 2.50. The molecule has 14 nitrogen and oxygen atoms in total. The Morgan fingerprint density at radius 1 is 1.03 bits per heavy atom. The predicted octanol–water partition coefficient (Wildman–Crippen LogP) is 6.77. The number of nitrogens with zero attached hydrogens (tertiary/aromatic N) is 7. The zero-order valence-corrected chi connectivity index (χ0v) is 34.2. The molecule has 2 unspecified atom stereocenters. The number of hydrogen-bond donors (Lipinski definition) is 0. The molecule has 2 aromatic heterocycles. The summed E-state index contributed by atoms with van der Waals surface area (Å²) in [5.41, 5.74) is -0.0574. The lowest BCUT2D eigenvalue weighted by Gasteiger charge is -2.42. The summed E-state index contributed by atoms with van der Waals surface area (Å²) in [5, 5.41) is 0.985. The molecule has 0 N–H and O–H groups in total. The van der Waals surface area contributed by atoms with E-state index in [-0.39, 0.29) is 67.1 Å². The summed E-state index contributed by atoms with van der Waals surface area (Å²) in [6, 6.07) is 6.29. The summed E-state index contributed by atoms with van der Waals surface area (Å²) in [6.07, 6.45) is 9.82. The minimum atomic E-state index is -0.915. The third kappa shape index (κ3) is 7.24. The van der Waals surface area contributed by atoms with Crippen LogP contribution in [0.15, 0.2) is 24.3 Å². The molecule has 1 aliphatic carbocycles. The number of benzene rings is 2. The first kappa shape index (κ1) is 39.5. The number of alkyl halides is 1. The van der Waals surface area contributed by atoms with Crippen LogP contribution in [0.25, 0.3) is 21.9 Å². The van der Waals surface area contributed by atoms with Crippen LogP contribution in [0.1, 0.15) is 77.3 Å². The topological polar surface area (TPSA) is 126 Å². The molecule has 9 rings (SSSR count). The van der Waals surface area contributed by atoms with Gasteiger partial charge < -0.3 is 33.3 Å². The number of amides is 1. The maximum absolute atomic E-state index is 15.3. The lowest BCUT2D eigenvalue weighted by atomic mass is 9.89. The van der Waals surface area contributed by atoms with Crippen molar-refractivity contribution in [1.29, 1.82) is 0 Å². The molecule has 0 radical (unpaired) electrons. The molecule has 4 saturated heterocycles. The van der Waals surface area contributed by atoms with Gasteiger partial charge >= 0.3 is 18.1 Å². The summed E-state index contributed by atoms with van der Waals surface area (Å²) < 4.78 is 67.9. The van der Waals surface area contributed by atoms with Crippen LogP contribution in [0.4, 0.5) is 19.4 Å². The third-order valence-corrected chi connectivity index (χ3v) is 12.6. The lowest BCUT2D eigenvalue weighted by molar-refractivity contribution is 0.00576. The molecule has 1 amide bonds. The van der Waals surface area contributed by atoms with Gasteiger partial charge in [-0.05, 0) is 83.4 Å². The van der Waals surface area contributed by atoms with Crippen molar-refractivity contribution in [3.63, 3.8) is 0 Å². The number of terminal acetylenes is 1. The van der Waals surface area contributed by atoms with Gasteiger partial charge in [-0.25, -0.2) is 13.6 Å². The van der Waals surface area contributed by atoms with Crippen molar-refractivity contribution in [2.75, 3.05) is 58.7 Å². The van der Waals surface area contributed by atoms with Crippen molar-refractivity contribution >= 4 is 33.8 Å². The smallest absolute Gasteiger partial charge is 0.410 e. The molecule has 16 heteroatoms. The zero-order valence-electron chi connectivity index (χ0n) is 34.2. The maximum atomic E-state index is 15.3. The summed E-state index contributed by atoms with van der Waals surface area (Å²) in [4.78, 5) is 34.8. The molecule has 6 heterocycles. The Kier molecular flexibility index (Phi) is 10.2. The van der Waals surface area contributed by atoms with Gasteiger partial charge in [0.25, 0.3) is 0 Å². The molecule has 4 aliphatic heterocycles. The molecule has 314 valence electrons. The SMILES string of the molecule is C#Cc1c(F)ccc2cc(OCOC)cc(Oc3nc4nc(OC[C@@]56CCCN5C[C@H](F)C6)nc(N5CC6CCC(C5)N6C(=O)OC(C)(C)C)c4n3C3CC(OC)C3)c12. The number of imidazole rings is 1. The Labute approximate surface area is 342 Å². The number of anilines is 1. The van der Waals surface area contributed by atoms with Gasteiger partial charge in [-0.1, -0.05) is 12.0 Å². The van der Waals surface area contributed by atoms with E-state index < -0.39 is 23.1 Å². The molecular weight excluding hydrogens is 765 g/mol.